The molecule has 0 aliphatic carbocycles. The van der Waals surface area contributed by atoms with Gasteiger partial charge in [0.25, 0.3) is 11.8 Å². The van der Waals surface area contributed by atoms with Gasteiger partial charge in [-0.15, -0.1) is 35.1 Å². The number of nitrogens with zero attached hydrogens (tertiary/aromatic N) is 5. The van der Waals surface area contributed by atoms with Gasteiger partial charge < -0.3 is 135 Å². The number of imidazole rings is 1. The molecular weight excluding hydrogens is 1420 g/mol. The zero-order valence-corrected chi connectivity index (χ0v) is 58.8. The van der Waals surface area contributed by atoms with Gasteiger partial charge >= 0.3 is 6.09 Å². The summed E-state index contributed by atoms with van der Waals surface area (Å²) in [5.74, 6) is -8.75. The Morgan fingerprint density at radius 1 is 0.738 bits per heavy atom. The molecule has 42 heteroatoms. The minimum Gasteiger partial charge on any atom is -0.441 e. The number of primary amides is 3. The van der Waals surface area contributed by atoms with E-state index >= 15 is 4.79 Å². The fourth-order valence-electron chi connectivity index (χ4n) is 10.7. The smallest absolute Gasteiger partial charge is 0.404 e. The van der Waals surface area contributed by atoms with Crippen molar-refractivity contribution >= 4 is 88.3 Å². The number of aromatic amines is 1. The monoisotopic (exact) mass is 1510 g/mol. The van der Waals surface area contributed by atoms with Crippen LogP contribution in [0.1, 0.15) is 107 Å². The average Bonchev–Trinajstić information content (AvgIpc) is 1.66. The second-order valence-electron chi connectivity index (χ2n) is 24.2. The molecule has 7 rings (SSSR count). The third-order valence-corrected chi connectivity index (χ3v) is 18.4. The first-order valence-corrected chi connectivity index (χ1v) is 33.9. The zero-order valence-electron chi connectivity index (χ0n) is 56.3. The molecule has 39 nitrogen and oxygen atoms in total. The van der Waals surface area contributed by atoms with E-state index in [1.807, 2.05) is 30.3 Å². The van der Waals surface area contributed by atoms with Gasteiger partial charge in [-0.05, 0) is 46.2 Å². The number of rotatable bonds is 37. The molecule has 0 spiro atoms. The molecule has 2 saturated heterocycles. The molecule has 8 amide bonds. The third-order valence-electron chi connectivity index (χ3n) is 16.7. The molecule has 0 radical (unpaired) electrons. The van der Waals surface area contributed by atoms with Crippen LogP contribution in [0.15, 0.2) is 53.6 Å². The maximum absolute atomic E-state index is 15.2. The number of nitrogens with two attached hydrogens (primary N) is 5. The van der Waals surface area contributed by atoms with Gasteiger partial charge in [-0.25, -0.2) is 29.7 Å². The summed E-state index contributed by atoms with van der Waals surface area (Å²) < 4.78 is 28.8. The lowest BCUT2D eigenvalue weighted by molar-refractivity contribution is -0.372. The molecular formula is C61H89ClN18O21S2. The molecule has 0 bridgehead atoms. The van der Waals surface area contributed by atoms with Crippen LogP contribution in [0.25, 0.3) is 10.7 Å². The van der Waals surface area contributed by atoms with Crippen LogP contribution in [-0.2, 0) is 54.1 Å². The number of amides is 8. The van der Waals surface area contributed by atoms with E-state index in [1.165, 1.54) is 50.4 Å². The van der Waals surface area contributed by atoms with Crippen molar-refractivity contribution in [3.05, 3.63) is 92.7 Å². The molecule has 6 heterocycles. The normalized spacial score (nSPS) is 23.3. The van der Waals surface area contributed by atoms with E-state index in [0.717, 1.165) is 18.1 Å². The van der Waals surface area contributed by atoms with Gasteiger partial charge in [-0.2, -0.15) is 0 Å². The van der Waals surface area contributed by atoms with Crippen molar-refractivity contribution < 1.29 is 103 Å². The number of hydrogen-bond donors (Lipinski definition) is 21. The number of H-pyrrole nitrogens is 1. The summed E-state index contributed by atoms with van der Waals surface area (Å²) in [6.45, 7) is 5.81. The molecule has 2 fully saturated rings. The summed E-state index contributed by atoms with van der Waals surface area (Å²) in [6.07, 6.45) is -24.5. The minimum absolute atomic E-state index is 0. The van der Waals surface area contributed by atoms with Gasteiger partial charge in [-0.1, -0.05) is 37.3 Å². The number of anilines is 1. The highest BCUT2D eigenvalue weighted by Crippen LogP contribution is 2.35. The number of carbonyl (C=O) groups excluding carboxylic acids is 8. The lowest BCUT2D eigenvalue weighted by Gasteiger charge is -2.47. The molecule has 1 aromatic carbocycles. The van der Waals surface area contributed by atoms with Crippen LogP contribution < -0.4 is 65.9 Å². The average molecular weight is 1510 g/mol. The Kier molecular flexibility index (Phi) is 31.8. The number of aromatic nitrogens is 6. The number of aliphatic hydroxyl groups is 8. The molecule has 2 aliphatic rings. The molecule has 4 aromatic heterocycles. The van der Waals surface area contributed by atoms with Crippen LogP contribution in [0, 0.1) is 12.8 Å². The highest BCUT2D eigenvalue weighted by atomic mass is 35.5. The van der Waals surface area contributed by atoms with Crippen LogP contribution in [-0.4, -0.2) is 255 Å². The standard InChI is InChI=1S/C61H88N18O21S2.ClH/c1-24-39(76-52(79-50(24)64)31(16-37(63)83)71-17-30(62)51(65)89)56(93)78-41(47(32-18-67-23-72-32)98-60-49(45(87)43(85)35(19-80)97-60)99-59-46(88)48(100-61(66)95)44(86)36(20-81)96-59)57(94)73-27(4)42(84)25(2)53(90)77-40(28(5)82)55(92)70-15-12-38-74-34(22-101-38)58-75-33(21-102-58)54(91)69-14-9-13-68-26(3)29-10-7-6-8-11-29;/h6-8,10-11,18,21-23,25-28,30-31,35-36,40-49,59-60,68,71,80-82,84-88H,9,12-17,19-20,62H2,1-5H3,(H2,63,83)(H2,65,89)(H2,66,95)(H,67,72)(H,69,91)(H,70,92)(H,73,94)(H,77,90)(H,78,93)(H2,64,76,79);1H/t25?,26-,27?,28?,30?,31?,35-,36+,40?,41?,42?,43+,44+,45-,46-,47?,48-,49-,59+,60-;/m0./s1. The summed E-state index contributed by atoms with van der Waals surface area (Å²) in [7, 11) is 0. The number of benzene rings is 1. The minimum atomic E-state index is -2.20. The molecule has 568 valence electrons. The Morgan fingerprint density at radius 2 is 1.43 bits per heavy atom. The van der Waals surface area contributed by atoms with E-state index in [2.05, 4.69) is 74.0 Å². The number of nitrogen functional groups attached to an aromatic ring is 1. The van der Waals surface area contributed by atoms with E-state index in [9.17, 15) is 74.4 Å². The van der Waals surface area contributed by atoms with Crippen molar-refractivity contribution in [1.82, 2.24) is 67.1 Å². The lowest BCUT2D eigenvalue weighted by Crippen LogP contribution is -2.65. The second-order valence-corrected chi connectivity index (χ2v) is 26.0. The quantitative estimate of drug-likeness (QED) is 0.0165. The Hall–Kier alpha value is -8.18. The number of nitrogens with one attached hydrogen (secondary N) is 8. The molecule has 0 saturated carbocycles. The largest absolute Gasteiger partial charge is 0.441 e. The SMILES string of the molecule is Cc1c(N)nc(C(CC(N)=O)NCC(N)C(N)=O)nc1C(=O)NC(C(=O)NC(C)C(O)C(C)C(=O)NC(C(=O)NCCc1nc(-c2nc(C(=O)NCCCN[C@@H](C)c3ccccc3)cs2)cs1)C(C)O)C(O[C@@H]1O[C@@H](CO)[C@@H](O)[C@H](O)[C@@H]1O[C@H]1O[C@H](CO)[C@@H](O)[C@H](OC(N)=O)[C@@H]1O)c1cnc[nH]1.Cl. The summed E-state index contributed by atoms with van der Waals surface area (Å²) in [6, 6.07) is 2.26. The molecule has 5 aromatic rings. The van der Waals surface area contributed by atoms with E-state index in [0.29, 0.717) is 35.2 Å². The van der Waals surface area contributed by atoms with Gasteiger partial charge in [0, 0.05) is 54.8 Å². The van der Waals surface area contributed by atoms with Crippen LogP contribution in [0.4, 0.5) is 10.6 Å². The zero-order chi connectivity index (χ0) is 74.8. The Bertz CT molecular complexity index is 3630. The number of halogens is 1. The van der Waals surface area contributed by atoms with Crippen LogP contribution in [0.3, 0.4) is 0 Å². The maximum Gasteiger partial charge on any atom is 0.404 e. The predicted octanol–water partition coefficient (Wildman–Crippen LogP) is -5.81. The van der Waals surface area contributed by atoms with Crippen molar-refractivity contribution in [3.63, 3.8) is 0 Å². The van der Waals surface area contributed by atoms with Crippen molar-refractivity contribution in [1.29, 1.82) is 0 Å². The summed E-state index contributed by atoms with van der Waals surface area (Å²) in [5, 5.41) is 112. The van der Waals surface area contributed by atoms with E-state index in [4.69, 9.17) is 52.4 Å². The number of ether oxygens (including phenoxy) is 5. The Morgan fingerprint density at radius 3 is 2.07 bits per heavy atom. The van der Waals surface area contributed by atoms with Gasteiger partial charge in [0.15, 0.2) is 18.7 Å². The van der Waals surface area contributed by atoms with Crippen molar-refractivity contribution in [2.24, 2.45) is 28.9 Å². The first-order valence-electron chi connectivity index (χ1n) is 32.2. The van der Waals surface area contributed by atoms with Crippen LogP contribution in [0.5, 0.6) is 0 Å². The highest BCUT2D eigenvalue weighted by Gasteiger charge is 2.54. The first kappa shape index (κ1) is 83.8. The predicted molar refractivity (Wildman–Crippen MR) is 365 cm³/mol. The molecule has 26 N–H and O–H groups in total. The Balaban J connectivity index is 0.0000167. The van der Waals surface area contributed by atoms with Crippen molar-refractivity contribution in [2.75, 3.05) is 45.1 Å². The second kappa shape index (κ2) is 39.1. The molecule has 2 aliphatic heterocycles. The van der Waals surface area contributed by atoms with Crippen LogP contribution >= 0.6 is 35.1 Å². The topological polar surface area (TPSA) is 639 Å². The van der Waals surface area contributed by atoms with Crippen molar-refractivity contribution in [2.45, 2.75) is 170 Å². The highest BCUT2D eigenvalue weighted by molar-refractivity contribution is 7.14. The van der Waals surface area contributed by atoms with Gasteiger partial charge in [-0.3, -0.25) is 33.6 Å². The summed E-state index contributed by atoms with van der Waals surface area (Å²) >= 11 is 2.50. The molecule has 20 atom stereocenters. The fraction of sp³-hybridized carbons (Fsp3) is 0.557. The van der Waals surface area contributed by atoms with Gasteiger partial charge in [0.1, 0.15) is 94.6 Å². The van der Waals surface area contributed by atoms with E-state index in [1.54, 1.807) is 10.8 Å². The number of carbonyl (C=O) groups is 8. The molecule has 9 unspecified atom stereocenters. The fourth-order valence-corrected chi connectivity index (χ4v) is 12.3. The number of aliphatic hydroxyl groups excluding tert-OH is 8. The summed E-state index contributed by atoms with van der Waals surface area (Å²) in [4.78, 5) is 131. The Labute approximate surface area is 602 Å². The number of thiazole rings is 2. The third kappa shape index (κ3) is 22.4. The van der Waals surface area contributed by atoms with E-state index < -0.39 is 183 Å². The summed E-state index contributed by atoms with van der Waals surface area (Å²) in [5.41, 5.74) is 29.2. The van der Waals surface area contributed by atoms with E-state index in [-0.39, 0.29) is 72.5 Å². The first-order chi connectivity index (χ1) is 48.4. The van der Waals surface area contributed by atoms with Crippen LogP contribution in [0.2, 0.25) is 0 Å². The number of hydrogen-bond acceptors (Lipinski definition) is 32. The molecule has 103 heavy (non-hydrogen) atoms. The van der Waals surface area contributed by atoms with Crippen molar-refractivity contribution in [3.8, 4) is 10.7 Å². The van der Waals surface area contributed by atoms with Gasteiger partial charge in [0.05, 0.1) is 72.7 Å². The lowest BCUT2D eigenvalue weighted by atomic mass is 9.96. The van der Waals surface area contributed by atoms with Gasteiger partial charge in [0.2, 0.25) is 29.5 Å². The maximum atomic E-state index is 15.2.